The van der Waals surface area contributed by atoms with Crippen molar-refractivity contribution in [3.05, 3.63) is 66.4 Å². The Morgan fingerprint density at radius 2 is 1.66 bits per heavy atom. The van der Waals surface area contributed by atoms with E-state index in [4.69, 9.17) is 0 Å². The molecule has 2 aliphatic heterocycles. The minimum Gasteiger partial charge on any atom is -0.369 e. The summed E-state index contributed by atoms with van der Waals surface area (Å²) < 4.78 is 0. The molecule has 3 heterocycles. The number of anilines is 1. The van der Waals surface area contributed by atoms with Gasteiger partial charge in [0.1, 0.15) is 0 Å². The van der Waals surface area contributed by atoms with Crippen LogP contribution in [-0.4, -0.2) is 66.0 Å². The van der Waals surface area contributed by atoms with Crippen molar-refractivity contribution in [3.63, 3.8) is 0 Å². The Hall–Kier alpha value is -2.79. The first-order chi connectivity index (χ1) is 14.3. The summed E-state index contributed by atoms with van der Waals surface area (Å²) >= 11 is 0. The number of nitrogens with one attached hydrogen (secondary N) is 1. The molecule has 2 saturated heterocycles. The first-order valence-corrected chi connectivity index (χ1v) is 10.7. The van der Waals surface area contributed by atoms with Crippen LogP contribution in [0.5, 0.6) is 0 Å². The number of benzene rings is 2. The third-order valence-corrected chi connectivity index (χ3v) is 6.46. The van der Waals surface area contributed by atoms with E-state index in [-0.39, 0.29) is 5.91 Å². The lowest BCUT2D eigenvalue weighted by Gasteiger charge is -2.44. The van der Waals surface area contributed by atoms with Crippen LogP contribution in [0.25, 0.3) is 10.9 Å². The highest BCUT2D eigenvalue weighted by atomic mass is 16.2. The predicted molar refractivity (Wildman–Crippen MR) is 117 cm³/mol. The van der Waals surface area contributed by atoms with Crippen LogP contribution >= 0.6 is 0 Å². The predicted octanol–water partition coefficient (Wildman–Crippen LogP) is 3.59. The summed E-state index contributed by atoms with van der Waals surface area (Å²) in [5.41, 5.74) is 3.14. The van der Waals surface area contributed by atoms with E-state index in [9.17, 15) is 4.79 Å². The molecule has 5 heteroatoms. The minimum absolute atomic E-state index is 0.162. The Labute approximate surface area is 171 Å². The zero-order chi connectivity index (χ0) is 19.6. The Morgan fingerprint density at radius 3 is 2.48 bits per heavy atom. The van der Waals surface area contributed by atoms with E-state index >= 15 is 0 Å². The second-order valence-electron chi connectivity index (χ2n) is 8.15. The van der Waals surface area contributed by atoms with Gasteiger partial charge in [-0.1, -0.05) is 36.4 Å². The Bertz CT molecular complexity index is 975. The van der Waals surface area contributed by atoms with Gasteiger partial charge in [0, 0.05) is 68.1 Å². The number of para-hydroxylation sites is 2. The molecule has 0 spiro atoms. The zero-order valence-corrected chi connectivity index (χ0v) is 16.8. The SMILES string of the molecule is O=C(c1c[nH]c2ccccc12)N1CCCC(N2CCN(c3ccccc3)CC2)C1. The average Bonchev–Trinajstić information content (AvgIpc) is 3.24. The maximum Gasteiger partial charge on any atom is 0.256 e. The van der Waals surface area contributed by atoms with Gasteiger partial charge in [-0.2, -0.15) is 0 Å². The van der Waals surface area contributed by atoms with E-state index in [2.05, 4.69) is 50.0 Å². The van der Waals surface area contributed by atoms with Crippen LogP contribution in [-0.2, 0) is 0 Å². The van der Waals surface area contributed by atoms with Gasteiger partial charge in [-0.15, -0.1) is 0 Å². The van der Waals surface area contributed by atoms with Crippen molar-refractivity contribution in [2.45, 2.75) is 18.9 Å². The van der Waals surface area contributed by atoms with Gasteiger partial charge in [0.25, 0.3) is 5.91 Å². The minimum atomic E-state index is 0.162. The molecule has 0 saturated carbocycles. The molecule has 0 radical (unpaired) electrons. The van der Waals surface area contributed by atoms with E-state index in [0.717, 1.165) is 62.2 Å². The highest BCUT2D eigenvalue weighted by Gasteiger charge is 2.31. The van der Waals surface area contributed by atoms with Crippen LogP contribution < -0.4 is 4.90 Å². The van der Waals surface area contributed by atoms with Crippen molar-refractivity contribution >= 4 is 22.5 Å². The second-order valence-corrected chi connectivity index (χ2v) is 8.15. The van der Waals surface area contributed by atoms with Gasteiger partial charge in [-0.05, 0) is 31.0 Å². The van der Waals surface area contributed by atoms with Gasteiger partial charge in [0.15, 0.2) is 0 Å². The number of likely N-dealkylation sites (tertiary alicyclic amines) is 1. The fourth-order valence-corrected chi connectivity index (χ4v) is 4.84. The summed E-state index contributed by atoms with van der Waals surface area (Å²) in [6.07, 6.45) is 4.13. The number of hydrogen-bond donors (Lipinski definition) is 1. The molecular weight excluding hydrogens is 360 g/mol. The summed E-state index contributed by atoms with van der Waals surface area (Å²) in [6, 6.07) is 19.2. The van der Waals surface area contributed by atoms with Gasteiger partial charge < -0.3 is 14.8 Å². The van der Waals surface area contributed by atoms with Crippen molar-refractivity contribution in [2.75, 3.05) is 44.2 Å². The molecule has 150 valence electrons. The molecule has 1 N–H and O–H groups in total. The Balaban J connectivity index is 1.24. The summed E-state index contributed by atoms with van der Waals surface area (Å²) in [6.45, 7) is 5.93. The Kier molecular flexibility index (Phi) is 4.98. The van der Waals surface area contributed by atoms with Crippen LogP contribution in [0.15, 0.2) is 60.8 Å². The lowest BCUT2D eigenvalue weighted by Crippen LogP contribution is -2.55. The molecule has 1 atom stereocenters. The van der Waals surface area contributed by atoms with Gasteiger partial charge in [0.05, 0.1) is 5.56 Å². The standard InChI is InChI=1S/C24H28N4O/c29-24(22-17-25-23-11-5-4-10-21(22)23)28-12-6-9-20(18-28)27-15-13-26(14-16-27)19-7-2-1-3-8-19/h1-5,7-8,10-11,17,20,25H,6,9,12-16,18H2. The van der Waals surface area contributed by atoms with Crippen molar-refractivity contribution in [3.8, 4) is 0 Å². The number of carbonyl (C=O) groups excluding carboxylic acids is 1. The molecule has 1 aromatic heterocycles. The number of carbonyl (C=O) groups is 1. The molecule has 1 amide bonds. The van der Waals surface area contributed by atoms with Gasteiger partial charge in [0.2, 0.25) is 0 Å². The molecule has 5 rings (SSSR count). The number of nitrogens with zero attached hydrogens (tertiary/aromatic N) is 3. The number of piperidine rings is 1. The highest BCUT2D eigenvalue weighted by molar-refractivity contribution is 6.06. The maximum atomic E-state index is 13.2. The summed E-state index contributed by atoms with van der Waals surface area (Å²) in [5.74, 6) is 0.162. The molecule has 0 bridgehead atoms. The molecule has 2 aromatic carbocycles. The van der Waals surface area contributed by atoms with E-state index in [1.807, 2.05) is 30.5 Å². The zero-order valence-electron chi connectivity index (χ0n) is 16.8. The molecule has 3 aromatic rings. The number of H-pyrrole nitrogens is 1. The van der Waals surface area contributed by atoms with Crippen molar-refractivity contribution in [2.24, 2.45) is 0 Å². The first-order valence-electron chi connectivity index (χ1n) is 10.7. The normalized spacial score (nSPS) is 20.9. The molecule has 2 fully saturated rings. The summed E-state index contributed by atoms with van der Waals surface area (Å²) in [7, 11) is 0. The number of aromatic nitrogens is 1. The van der Waals surface area contributed by atoms with Gasteiger partial charge >= 0.3 is 0 Å². The third kappa shape index (κ3) is 3.62. The number of aromatic amines is 1. The fourth-order valence-electron chi connectivity index (χ4n) is 4.84. The number of fused-ring (bicyclic) bond motifs is 1. The van der Waals surface area contributed by atoms with E-state index < -0.39 is 0 Å². The van der Waals surface area contributed by atoms with Gasteiger partial charge in [-0.25, -0.2) is 0 Å². The van der Waals surface area contributed by atoms with Crippen LogP contribution in [0.3, 0.4) is 0 Å². The average molecular weight is 389 g/mol. The smallest absolute Gasteiger partial charge is 0.256 e. The maximum absolute atomic E-state index is 13.2. The molecule has 29 heavy (non-hydrogen) atoms. The van der Waals surface area contributed by atoms with E-state index in [0.29, 0.717) is 6.04 Å². The van der Waals surface area contributed by atoms with E-state index in [1.54, 1.807) is 0 Å². The lowest BCUT2D eigenvalue weighted by atomic mass is 10.0. The number of piperazine rings is 1. The highest BCUT2D eigenvalue weighted by Crippen LogP contribution is 2.24. The quantitative estimate of drug-likeness (QED) is 0.746. The van der Waals surface area contributed by atoms with Crippen molar-refractivity contribution < 1.29 is 4.79 Å². The number of amides is 1. The topological polar surface area (TPSA) is 42.6 Å². The van der Waals surface area contributed by atoms with Crippen LogP contribution in [0, 0.1) is 0 Å². The van der Waals surface area contributed by atoms with Crippen molar-refractivity contribution in [1.29, 1.82) is 0 Å². The second kappa shape index (κ2) is 7.91. The molecular formula is C24H28N4O. The van der Waals surface area contributed by atoms with Crippen LogP contribution in [0.2, 0.25) is 0 Å². The first kappa shape index (κ1) is 18.3. The number of rotatable bonds is 3. The van der Waals surface area contributed by atoms with Crippen molar-refractivity contribution in [1.82, 2.24) is 14.8 Å². The third-order valence-electron chi connectivity index (χ3n) is 6.46. The molecule has 5 nitrogen and oxygen atoms in total. The molecule has 2 aliphatic rings. The fraction of sp³-hybridized carbons (Fsp3) is 0.375. The summed E-state index contributed by atoms with van der Waals surface area (Å²) in [5, 5.41) is 1.02. The molecule has 0 aliphatic carbocycles. The van der Waals surface area contributed by atoms with E-state index in [1.165, 1.54) is 12.1 Å². The number of hydrogen-bond acceptors (Lipinski definition) is 3. The monoisotopic (exact) mass is 388 g/mol. The molecule has 1 unspecified atom stereocenters. The largest absolute Gasteiger partial charge is 0.369 e. The lowest BCUT2D eigenvalue weighted by molar-refractivity contribution is 0.0565. The Morgan fingerprint density at radius 1 is 0.897 bits per heavy atom. The van der Waals surface area contributed by atoms with Gasteiger partial charge in [-0.3, -0.25) is 9.69 Å². The summed E-state index contributed by atoms with van der Waals surface area (Å²) in [4.78, 5) is 23.6. The van der Waals surface area contributed by atoms with Crippen LogP contribution in [0.4, 0.5) is 5.69 Å². The van der Waals surface area contributed by atoms with Crippen LogP contribution in [0.1, 0.15) is 23.2 Å².